The second kappa shape index (κ2) is 4.06. The molecule has 0 aliphatic rings. The molecule has 0 heterocycles. The second-order valence-electron chi connectivity index (χ2n) is 1.27. The third-order valence-electron chi connectivity index (χ3n) is 0.563. The fraction of sp³-hybridized carbons (Fsp3) is 0.600. The Morgan fingerprint density at radius 3 is 2.57 bits per heavy atom. The summed E-state index contributed by atoms with van der Waals surface area (Å²) in [6.45, 7) is 2.01. The van der Waals surface area contributed by atoms with Crippen LogP contribution in [0.4, 0.5) is 0 Å². The van der Waals surface area contributed by atoms with Gasteiger partial charge in [-0.15, -0.1) is 0 Å². The molecule has 0 bridgehead atoms. The maximum absolute atomic E-state index is 9.78. The Bertz CT molecular complexity index is 78.1. The van der Waals surface area contributed by atoms with Crippen molar-refractivity contribution in [1.82, 2.24) is 0 Å². The molecule has 0 rings (SSSR count). The molecule has 0 aromatic rings. The predicted molar refractivity (Wildman–Crippen MR) is 35.6 cm³/mol. The van der Waals surface area contributed by atoms with Crippen LogP contribution >= 0.6 is 10.5 Å². The first-order chi connectivity index (χ1) is 3.31. The molecule has 0 amide bonds. The number of carbonyl (C=O) groups excluding carboxylic acids is 1. The van der Waals surface area contributed by atoms with E-state index in [2.05, 4.69) is 0 Å². The fourth-order valence-electron chi connectivity index (χ4n) is 0.284. The normalized spacial score (nSPS) is 13.3. The summed E-state index contributed by atoms with van der Waals surface area (Å²) in [5, 5.41) is 0. The van der Waals surface area contributed by atoms with Gasteiger partial charge in [-0.25, -0.2) is 0 Å². The lowest BCUT2D eigenvalue weighted by molar-refractivity contribution is 0.570. The number of carbonyl (C=O) groups is 1. The van der Waals surface area contributed by atoms with Gasteiger partial charge in [0.05, 0.1) is 0 Å². The molecule has 7 heavy (non-hydrogen) atoms. The first-order valence-corrected chi connectivity index (χ1v) is 3.72. The maximum atomic E-state index is 9.78. The largest absolute Gasteiger partial charge is 0.474 e. The molecule has 0 radical (unpaired) electrons. The standard InChI is InChI=1S/C5H9OS/c1-3-4-7(2)5-6/h2,5H,3-4H2,1H3/q-1. The van der Waals surface area contributed by atoms with Gasteiger partial charge in [0.15, 0.2) is 0 Å². The lowest BCUT2D eigenvalue weighted by atomic mass is 10.6. The number of hydrogen-bond acceptors (Lipinski definition) is 1. The topological polar surface area (TPSA) is 17.1 Å². The van der Waals surface area contributed by atoms with E-state index in [0.29, 0.717) is 0 Å². The van der Waals surface area contributed by atoms with Gasteiger partial charge in [-0.3, -0.25) is 4.79 Å². The van der Waals surface area contributed by atoms with Crippen molar-refractivity contribution >= 4 is 22.0 Å². The van der Waals surface area contributed by atoms with Crippen molar-refractivity contribution in [2.75, 3.05) is 5.75 Å². The van der Waals surface area contributed by atoms with Crippen molar-refractivity contribution in [1.29, 1.82) is 0 Å². The lowest BCUT2D eigenvalue weighted by Gasteiger charge is -1.99. The van der Waals surface area contributed by atoms with Gasteiger partial charge in [-0.1, -0.05) is 6.92 Å². The molecule has 1 unspecified atom stereocenters. The van der Waals surface area contributed by atoms with Gasteiger partial charge in [0.1, 0.15) is 5.62 Å². The molecule has 2 heteroatoms. The van der Waals surface area contributed by atoms with Crippen molar-refractivity contribution in [3.05, 3.63) is 0 Å². The molecular weight excluding hydrogens is 108 g/mol. The van der Waals surface area contributed by atoms with Crippen molar-refractivity contribution < 1.29 is 4.79 Å². The van der Waals surface area contributed by atoms with Crippen LogP contribution in [-0.4, -0.2) is 17.2 Å². The minimum Gasteiger partial charge on any atom is -0.474 e. The lowest BCUT2D eigenvalue weighted by Crippen LogP contribution is -1.75. The van der Waals surface area contributed by atoms with Gasteiger partial charge in [0, 0.05) is 0 Å². The summed E-state index contributed by atoms with van der Waals surface area (Å²) in [4.78, 5) is 9.78. The van der Waals surface area contributed by atoms with E-state index in [-0.39, 0.29) is 0 Å². The van der Waals surface area contributed by atoms with Gasteiger partial charge in [0.25, 0.3) is 0 Å². The molecule has 0 saturated carbocycles. The average Bonchev–Trinajstić information content (AvgIpc) is 1.68. The quantitative estimate of drug-likeness (QED) is 0.308. The van der Waals surface area contributed by atoms with E-state index >= 15 is 0 Å². The number of hydrogen-bond donors (Lipinski definition) is 0. The molecule has 0 spiro atoms. The third kappa shape index (κ3) is 3.73. The van der Waals surface area contributed by atoms with E-state index in [1.54, 1.807) is 0 Å². The van der Waals surface area contributed by atoms with Crippen molar-refractivity contribution in [2.24, 2.45) is 0 Å². The SMILES string of the molecule is [CH-]=S(C=O)CCC. The first kappa shape index (κ1) is 6.89. The maximum Gasteiger partial charge on any atom is 0.138 e. The van der Waals surface area contributed by atoms with Crippen LogP contribution < -0.4 is 0 Å². The minimum absolute atomic E-state index is 0.458. The van der Waals surface area contributed by atoms with Gasteiger partial charge < -0.3 is 16.4 Å². The smallest absolute Gasteiger partial charge is 0.138 e. The Balaban J connectivity index is 3.17. The highest BCUT2D eigenvalue weighted by molar-refractivity contribution is 8.25. The monoisotopic (exact) mass is 117 g/mol. The highest BCUT2D eigenvalue weighted by Gasteiger charge is 1.73. The van der Waals surface area contributed by atoms with E-state index in [1.165, 1.54) is 0 Å². The summed E-state index contributed by atoms with van der Waals surface area (Å²) in [6, 6.07) is 0. The van der Waals surface area contributed by atoms with Gasteiger partial charge in [-0.2, -0.15) is 0 Å². The fourth-order valence-corrected chi connectivity index (χ4v) is 0.851. The van der Waals surface area contributed by atoms with Crippen LogP contribution in [0, 0.1) is 0 Å². The molecular formula is C5H9OS-. The van der Waals surface area contributed by atoms with Crippen LogP contribution in [0.15, 0.2) is 0 Å². The van der Waals surface area contributed by atoms with Crippen LogP contribution in [0.5, 0.6) is 0 Å². The second-order valence-corrected chi connectivity index (χ2v) is 2.81. The molecule has 0 fully saturated rings. The zero-order chi connectivity index (χ0) is 5.70. The molecule has 0 aromatic heterocycles. The van der Waals surface area contributed by atoms with Gasteiger partial charge in [-0.05, 0) is 12.2 Å². The number of rotatable bonds is 3. The van der Waals surface area contributed by atoms with E-state index in [0.717, 1.165) is 17.8 Å². The zero-order valence-corrected chi connectivity index (χ0v) is 5.20. The van der Waals surface area contributed by atoms with Crippen LogP contribution in [0.25, 0.3) is 0 Å². The molecule has 0 aliphatic carbocycles. The van der Waals surface area contributed by atoms with E-state index in [9.17, 15) is 4.79 Å². The Kier molecular flexibility index (Phi) is 4.00. The summed E-state index contributed by atoms with van der Waals surface area (Å²) in [5.74, 6) is 6.08. The van der Waals surface area contributed by atoms with E-state index in [1.807, 2.05) is 6.92 Å². The molecule has 1 nitrogen and oxygen atoms in total. The Labute approximate surface area is 46.7 Å². The van der Waals surface area contributed by atoms with E-state index in [4.69, 9.17) is 5.87 Å². The molecule has 0 aromatic carbocycles. The zero-order valence-electron chi connectivity index (χ0n) is 4.39. The molecule has 0 aliphatic heterocycles. The van der Waals surface area contributed by atoms with E-state index < -0.39 is 10.5 Å². The summed E-state index contributed by atoms with van der Waals surface area (Å²) >= 11 is 0. The van der Waals surface area contributed by atoms with Crippen molar-refractivity contribution in [2.45, 2.75) is 13.3 Å². The third-order valence-corrected chi connectivity index (χ3v) is 1.69. The highest BCUT2D eigenvalue weighted by Crippen LogP contribution is 2.03. The predicted octanol–water partition coefficient (Wildman–Crippen LogP) is 1.16. The van der Waals surface area contributed by atoms with Gasteiger partial charge in [0.2, 0.25) is 0 Å². The summed E-state index contributed by atoms with van der Waals surface area (Å²) in [7, 11) is -0.458. The molecule has 1 atom stereocenters. The average molecular weight is 117 g/mol. The molecule has 0 saturated heterocycles. The highest BCUT2D eigenvalue weighted by atomic mass is 32.2. The van der Waals surface area contributed by atoms with Crippen LogP contribution in [0.3, 0.4) is 0 Å². The molecule has 42 valence electrons. The summed E-state index contributed by atoms with van der Waals surface area (Å²) < 4.78 is 0. The summed E-state index contributed by atoms with van der Waals surface area (Å²) in [5.41, 5.74) is 0.809. The first-order valence-electron chi connectivity index (χ1n) is 2.20. The Morgan fingerprint density at radius 1 is 1.86 bits per heavy atom. The Morgan fingerprint density at radius 2 is 2.43 bits per heavy atom. The Hall–Kier alpha value is -0.110. The van der Waals surface area contributed by atoms with Gasteiger partial charge >= 0.3 is 0 Å². The van der Waals surface area contributed by atoms with Crippen LogP contribution in [0.1, 0.15) is 13.3 Å². The summed E-state index contributed by atoms with van der Waals surface area (Å²) in [6.07, 6.45) is 0.998. The minimum atomic E-state index is -0.458. The van der Waals surface area contributed by atoms with Crippen LogP contribution in [0.2, 0.25) is 0 Å². The molecule has 0 N–H and O–H groups in total. The van der Waals surface area contributed by atoms with Crippen LogP contribution in [-0.2, 0) is 4.79 Å². The van der Waals surface area contributed by atoms with Crippen molar-refractivity contribution in [3.8, 4) is 0 Å². The van der Waals surface area contributed by atoms with Crippen molar-refractivity contribution in [3.63, 3.8) is 0 Å².